The maximum Gasteiger partial charge on any atom is 0.272 e. The summed E-state index contributed by atoms with van der Waals surface area (Å²) in [5.41, 5.74) is 3.17. The lowest BCUT2D eigenvalue weighted by atomic mass is 9.94. The van der Waals surface area contributed by atoms with E-state index in [0.29, 0.717) is 12.2 Å². The third kappa shape index (κ3) is 3.50. The van der Waals surface area contributed by atoms with Crippen molar-refractivity contribution in [1.82, 2.24) is 14.7 Å². The third-order valence-corrected chi connectivity index (χ3v) is 5.17. The molecule has 4 nitrogen and oxygen atoms in total. The molecule has 2 aromatic carbocycles. The number of piperidine rings is 1. The molecule has 1 atom stereocenters. The molecular weight excluding hydrogens is 341 g/mol. The van der Waals surface area contributed by atoms with Gasteiger partial charge in [0.1, 0.15) is 11.5 Å². The lowest BCUT2D eigenvalue weighted by Crippen LogP contribution is -2.39. The van der Waals surface area contributed by atoms with E-state index in [4.69, 9.17) is 0 Å². The molecule has 0 radical (unpaired) electrons. The molecule has 27 heavy (non-hydrogen) atoms. The van der Waals surface area contributed by atoms with E-state index in [9.17, 15) is 9.18 Å². The SMILES string of the molecule is Cn1nc(-c2ccccc2)cc1C(=O)N1CCCC[C@@H]1c1cccc(F)c1. The highest BCUT2D eigenvalue weighted by Gasteiger charge is 2.30. The minimum Gasteiger partial charge on any atom is -0.330 e. The van der Waals surface area contributed by atoms with Crippen LogP contribution in [0.5, 0.6) is 0 Å². The number of likely N-dealkylation sites (tertiary alicyclic amines) is 1. The average Bonchev–Trinajstić information content (AvgIpc) is 3.10. The Morgan fingerprint density at radius 3 is 2.67 bits per heavy atom. The van der Waals surface area contributed by atoms with E-state index in [1.165, 1.54) is 12.1 Å². The van der Waals surface area contributed by atoms with Gasteiger partial charge in [0.25, 0.3) is 5.91 Å². The van der Waals surface area contributed by atoms with E-state index in [2.05, 4.69) is 5.10 Å². The van der Waals surface area contributed by atoms with Gasteiger partial charge in [0.05, 0.1) is 11.7 Å². The van der Waals surface area contributed by atoms with E-state index < -0.39 is 0 Å². The van der Waals surface area contributed by atoms with Crippen molar-refractivity contribution >= 4 is 5.91 Å². The van der Waals surface area contributed by atoms with Gasteiger partial charge in [-0.15, -0.1) is 0 Å². The van der Waals surface area contributed by atoms with Crippen LogP contribution in [0.15, 0.2) is 60.7 Å². The van der Waals surface area contributed by atoms with Crippen molar-refractivity contribution in [2.24, 2.45) is 7.05 Å². The molecule has 0 saturated carbocycles. The normalized spacial score (nSPS) is 17.1. The first-order chi connectivity index (χ1) is 13.1. The Balaban J connectivity index is 1.65. The van der Waals surface area contributed by atoms with Crippen molar-refractivity contribution in [3.8, 4) is 11.3 Å². The molecule has 0 aliphatic carbocycles. The number of benzene rings is 2. The molecule has 1 amide bonds. The van der Waals surface area contributed by atoms with Crippen LogP contribution in [-0.4, -0.2) is 27.1 Å². The summed E-state index contributed by atoms with van der Waals surface area (Å²) in [6, 6.07) is 18.1. The number of aryl methyl sites for hydroxylation is 1. The number of carbonyl (C=O) groups excluding carboxylic acids is 1. The van der Waals surface area contributed by atoms with Crippen LogP contribution in [0, 0.1) is 5.82 Å². The summed E-state index contributed by atoms with van der Waals surface area (Å²) in [5.74, 6) is -0.321. The first-order valence-electron chi connectivity index (χ1n) is 9.29. The second kappa shape index (κ2) is 7.35. The lowest BCUT2D eigenvalue weighted by molar-refractivity contribution is 0.0599. The van der Waals surface area contributed by atoms with E-state index in [1.807, 2.05) is 47.4 Å². The Bertz CT molecular complexity index is 951. The minimum absolute atomic E-state index is 0.0545. The summed E-state index contributed by atoms with van der Waals surface area (Å²) in [4.78, 5) is 15.2. The van der Waals surface area contributed by atoms with Gasteiger partial charge in [0.2, 0.25) is 0 Å². The van der Waals surface area contributed by atoms with Gasteiger partial charge in [0, 0.05) is 19.2 Å². The van der Waals surface area contributed by atoms with E-state index >= 15 is 0 Å². The van der Waals surface area contributed by atoms with Crippen molar-refractivity contribution in [2.75, 3.05) is 6.54 Å². The van der Waals surface area contributed by atoms with Crippen molar-refractivity contribution in [3.63, 3.8) is 0 Å². The Morgan fingerprint density at radius 2 is 1.89 bits per heavy atom. The largest absolute Gasteiger partial charge is 0.330 e. The number of nitrogens with zero attached hydrogens (tertiary/aromatic N) is 3. The Labute approximate surface area is 158 Å². The molecule has 1 aliphatic rings. The van der Waals surface area contributed by atoms with Gasteiger partial charge in [-0.25, -0.2) is 4.39 Å². The summed E-state index contributed by atoms with van der Waals surface area (Å²) < 4.78 is 15.4. The number of halogens is 1. The predicted octanol–water partition coefficient (Wildman–Crippen LogP) is 4.59. The van der Waals surface area contributed by atoms with Gasteiger partial charge in [-0.1, -0.05) is 42.5 Å². The lowest BCUT2D eigenvalue weighted by Gasteiger charge is -2.36. The number of carbonyl (C=O) groups is 1. The first-order valence-corrected chi connectivity index (χ1v) is 9.29. The molecule has 3 aromatic rings. The molecule has 1 aromatic heterocycles. The molecule has 5 heteroatoms. The molecule has 0 unspecified atom stereocenters. The molecule has 1 fully saturated rings. The van der Waals surface area contributed by atoms with Crippen LogP contribution in [-0.2, 0) is 7.05 Å². The van der Waals surface area contributed by atoms with Crippen LogP contribution in [0.1, 0.15) is 41.4 Å². The molecule has 0 N–H and O–H groups in total. The fourth-order valence-electron chi connectivity index (χ4n) is 3.80. The van der Waals surface area contributed by atoms with Crippen molar-refractivity contribution in [1.29, 1.82) is 0 Å². The zero-order valence-corrected chi connectivity index (χ0v) is 15.3. The van der Waals surface area contributed by atoms with E-state index in [-0.39, 0.29) is 17.8 Å². The molecule has 2 heterocycles. The number of hydrogen-bond donors (Lipinski definition) is 0. The summed E-state index contributed by atoms with van der Waals surface area (Å²) in [6.45, 7) is 0.672. The van der Waals surface area contributed by atoms with Crippen LogP contribution in [0.2, 0.25) is 0 Å². The van der Waals surface area contributed by atoms with Crippen molar-refractivity contribution < 1.29 is 9.18 Å². The van der Waals surface area contributed by atoms with Gasteiger partial charge < -0.3 is 4.90 Å². The van der Waals surface area contributed by atoms with Gasteiger partial charge in [0.15, 0.2) is 0 Å². The fraction of sp³-hybridized carbons (Fsp3) is 0.273. The molecule has 1 aliphatic heterocycles. The summed E-state index contributed by atoms with van der Waals surface area (Å²) in [5, 5.41) is 4.52. The van der Waals surface area contributed by atoms with E-state index in [0.717, 1.165) is 36.1 Å². The smallest absolute Gasteiger partial charge is 0.272 e. The van der Waals surface area contributed by atoms with E-state index in [1.54, 1.807) is 17.8 Å². The van der Waals surface area contributed by atoms with Gasteiger partial charge in [-0.3, -0.25) is 9.48 Å². The summed E-state index contributed by atoms with van der Waals surface area (Å²) in [6.07, 6.45) is 2.84. The molecule has 138 valence electrons. The molecule has 0 spiro atoms. The highest BCUT2D eigenvalue weighted by molar-refractivity contribution is 5.94. The molecule has 4 rings (SSSR count). The highest BCUT2D eigenvalue weighted by atomic mass is 19.1. The van der Waals surface area contributed by atoms with Crippen LogP contribution < -0.4 is 0 Å². The maximum atomic E-state index is 13.7. The third-order valence-electron chi connectivity index (χ3n) is 5.17. The summed E-state index contributed by atoms with van der Waals surface area (Å²) in [7, 11) is 1.79. The standard InChI is InChI=1S/C22H22FN3O/c1-25-21(15-19(24-25)16-8-3-2-4-9-16)22(27)26-13-6-5-12-20(26)17-10-7-11-18(23)14-17/h2-4,7-11,14-15,20H,5-6,12-13H2,1H3/t20-/m1/s1. The number of amides is 1. The molecular formula is C22H22FN3O. The summed E-state index contributed by atoms with van der Waals surface area (Å²) >= 11 is 0. The predicted molar refractivity (Wildman–Crippen MR) is 103 cm³/mol. The topological polar surface area (TPSA) is 38.1 Å². The highest BCUT2D eigenvalue weighted by Crippen LogP contribution is 2.33. The van der Waals surface area contributed by atoms with Crippen LogP contribution in [0.4, 0.5) is 4.39 Å². The zero-order valence-electron chi connectivity index (χ0n) is 15.3. The van der Waals surface area contributed by atoms with Crippen LogP contribution >= 0.6 is 0 Å². The number of aromatic nitrogens is 2. The maximum absolute atomic E-state index is 13.7. The Kier molecular flexibility index (Phi) is 4.75. The fourth-order valence-corrected chi connectivity index (χ4v) is 3.80. The Morgan fingerprint density at radius 1 is 1.07 bits per heavy atom. The molecule has 0 bridgehead atoms. The first kappa shape index (κ1) is 17.5. The number of rotatable bonds is 3. The minimum atomic E-state index is -0.266. The van der Waals surface area contributed by atoms with Crippen molar-refractivity contribution in [3.05, 3.63) is 77.7 Å². The monoisotopic (exact) mass is 363 g/mol. The number of hydrogen-bond acceptors (Lipinski definition) is 2. The average molecular weight is 363 g/mol. The van der Waals surface area contributed by atoms with Gasteiger partial charge >= 0.3 is 0 Å². The van der Waals surface area contributed by atoms with Crippen molar-refractivity contribution in [2.45, 2.75) is 25.3 Å². The van der Waals surface area contributed by atoms with Gasteiger partial charge in [-0.05, 0) is 43.0 Å². The zero-order chi connectivity index (χ0) is 18.8. The van der Waals surface area contributed by atoms with Crippen LogP contribution in [0.3, 0.4) is 0 Å². The second-order valence-corrected chi connectivity index (χ2v) is 6.97. The second-order valence-electron chi connectivity index (χ2n) is 6.97. The quantitative estimate of drug-likeness (QED) is 0.682. The Hall–Kier alpha value is -2.95. The molecule has 1 saturated heterocycles. The van der Waals surface area contributed by atoms with Crippen LogP contribution in [0.25, 0.3) is 11.3 Å². The van der Waals surface area contributed by atoms with Gasteiger partial charge in [-0.2, -0.15) is 5.10 Å².